The molecule has 4 atom stereocenters. The van der Waals surface area contributed by atoms with Crippen LogP contribution < -0.4 is 24.3 Å². The van der Waals surface area contributed by atoms with Gasteiger partial charge in [0, 0.05) is 18.1 Å². The summed E-state index contributed by atoms with van der Waals surface area (Å²) >= 11 is 0. The molecule has 0 radical (unpaired) electrons. The molecule has 1 fully saturated rings. The van der Waals surface area contributed by atoms with Crippen LogP contribution >= 0.6 is 7.60 Å². The lowest BCUT2D eigenvalue weighted by atomic mass is 9.79. The van der Waals surface area contributed by atoms with Gasteiger partial charge in [-0.05, 0) is 59.5 Å². The minimum absolute atomic E-state index is 0.0144. The van der Waals surface area contributed by atoms with Crippen molar-refractivity contribution in [2.45, 2.75) is 43.5 Å². The highest BCUT2D eigenvalue weighted by atomic mass is 31.2. The lowest BCUT2D eigenvalue weighted by molar-refractivity contribution is -0.616. The summed E-state index contributed by atoms with van der Waals surface area (Å²) in [6.07, 6.45) is 1.78. The minimum atomic E-state index is -4.32. The molecule has 7 aromatic rings. The number of imidazole rings is 1. The van der Waals surface area contributed by atoms with Gasteiger partial charge in [0.1, 0.15) is 42.0 Å². The summed E-state index contributed by atoms with van der Waals surface area (Å²) in [4.78, 5) is 37.8. The van der Waals surface area contributed by atoms with Gasteiger partial charge in [-0.25, -0.2) is 15.0 Å². The van der Waals surface area contributed by atoms with Crippen LogP contribution in [-0.2, 0) is 30.8 Å². The van der Waals surface area contributed by atoms with Gasteiger partial charge in [0.2, 0.25) is 5.69 Å². The van der Waals surface area contributed by atoms with Gasteiger partial charge in [-0.15, -0.1) is 0 Å². The fourth-order valence-electron chi connectivity index (χ4n) is 7.70. The van der Waals surface area contributed by atoms with Crippen LogP contribution in [0.5, 0.6) is 17.2 Å². The molecule has 0 saturated carbocycles. The lowest BCUT2D eigenvalue weighted by Gasteiger charge is -2.39. The molecule has 0 spiro atoms. The molecule has 1 unspecified atom stereocenters. The second kappa shape index (κ2) is 18.7. The van der Waals surface area contributed by atoms with E-state index in [-0.39, 0.29) is 36.4 Å². The zero-order valence-electron chi connectivity index (χ0n) is 34.6. The molecule has 1 aliphatic rings. The SMILES string of the molecule is COc1ccc(C(O[C@H]2C[C@H](n3cnc4c(NC(=O)c5ccccc5)ncnc43)O[C@@H]2CCP(=O)(O)OCc2cc(OC)cc[n+]2[O-])(c2ccccc2)c2ccc(OC)cc2)cc1. The average Bonchev–Trinajstić information content (AvgIpc) is 3.95. The molecule has 1 aliphatic heterocycles. The number of hydrogen-bond donors (Lipinski definition) is 2. The van der Waals surface area contributed by atoms with Crippen molar-refractivity contribution in [2.75, 3.05) is 32.8 Å². The van der Waals surface area contributed by atoms with Gasteiger partial charge < -0.3 is 39.1 Å². The summed E-state index contributed by atoms with van der Waals surface area (Å²) in [5, 5.41) is 15.3. The first-order chi connectivity index (χ1) is 30.6. The third-order valence-corrected chi connectivity index (χ3v) is 12.3. The predicted molar refractivity (Wildman–Crippen MR) is 231 cm³/mol. The van der Waals surface area contributed by atoms with E-state index in [1.165, 1.54) is 31.8 Å². The molecule has 63 heavy (non-hydrogen) atoms. The van der Waals surface area contributed by atoms with E-state index < -0.39 is 38.2 Å². The third-order valence-electron chi connectivity index (χ3n) is 10.9. The van der Waals surface area contributed by atoms with E-state index >= 15 is 0 Å². The molecule has 0 aliphatic carbocycles. The Balaban J connectivity index is 1.17. The number of aromatic nitrogens is 5. The standard InChI is InChI=1S/C46H45N6O10P/c1-57-36-18-14-33(15-19-36)46(32-12-8-5-9-13-32,34-16-20-37(58-2)21-17-34)62-40-27-41(61-39(40)23-25-63(55,56)60-28-35-26-38(59-3)22-24-52(35)54)51-30-49-42-43(47-29-48-44(42)51)50-45(53)31-10-6-4-7-11-31/h4-22,24,26,29-30,39-41H,23,25,27-28H2,1-3H3,(H,55,56)(H,47,48,50,53)/t39-,40+,41-/m1/s1. The first-order valence-corrected chi connectivity index (χ1v) is 21.8. The Bertz CT molecular complexity index is 2660. The van der Waals surface area contributed by atoms with Gasteiger partial charge in [0.25, 0.3) is 5.91 Å². The fourth-order valence-corrected chi connectivity index (χ4v) is 8.74. The van der Waals surface area contributed by atoms with E-state index in [0.29, 0.717) is 38.7 Å². The van der Waals surface area contributed by atoms with Gasteiger partial charge in [0.15, 0.2) is 23.2 Å². The number of amides is 1. The minimum Gasteiger partial charge on any atom is -0.618 e. The molecule has 17 heteroatoms. The van der Waals surface area contributed by atoms with Gasteiger partial charge in [-0.3, -0.25) is 18.5 Å². The molecule has 3 aromatic heterocycles. The molecular formula is C46H45N6O10P. The average molecular weight is 873 g/mol. The highest BCUT2D eigenvalue weighted by molar-refractivity contribution is 7.52. The molecular weight excluding hydrogens is 828 g/mol. The summed E-state index contributed by atoms with van der Waals surface area (Å²) < 4.78 is 52.1. The number of benzene rings is 4. The number of nitrogens with zero attached hydrogens (tertiary/aromatic N) is 5. The Kier molecular flexibility index (Phi) is 12.8. The van der Waals surface area contributed by atoms with Crippen LogP contribution in [0, 0.1) is 5.21 Å². The van der Waals surface area contributed by atoms with Gasteiger partial charge in [-0.2, -0.15) is 4.73 Å². The Morgan fingerprint density at radius 1 is 0.857 bits per heavy atom. The number of ether oxygens (including phenoxy) is 5. The zero-order valence-corrected chi connectivity index (χ0v) is 35.5. The largest absolute Gasteiger partial charge is 0.618 e. The summed E-state index contributed by atoms with van der Waals surface area (Å²) in [5.41, 5.74) is 2.37. The molecule has 2 N–H and O–H groups in total. The predicted octanol–water partition coefficient (Wildman–Crippen LogP) is 7.19. The number of rotatable bonds is 17. The van der Waals surface area contributed by atoms with Crippen molar-refractivity contribution in [2.24, 2.45) is 0 Å². The van der Waals surface area contributed by atoms with E-state index in [1.54, 1.807) is 49.4 Å². The van der Waals surface area contributed by atoms with Crippen LogP contribution in [0.4, 0.5) is 5.82 Å². The number of pyridine rings is 1. The highest BCUT2D eigenvalue weighted by Gasteiger charge is 2.47. The highest BCUT2D eigenvalue weighted by Crippen LogP contribution is 2.49. The van der Waals surface area contributed by atoms with Gasteiger partial charge >= 0.3 is 7.60 Å². The Hall–Kier alpha value is -6.68. The van der Waals surface area contributed by atoms with E-state index in [1.807, 2.05) is 84.9 Å². The number of hydrogen-bond acceptors (Lipinski definition) is 12. The normalized spacial score (nSPS) is 17.2. The fraction of sp³-hybridized carbons (Fsp3) is 0.239. The second-order valence-corrected chi connectivity index (χ2v) is 16.7. The van der Waals surface area contributed by atoms with Crippen molar-refractivity contribution in [3.63, 3.8) is 0 Å². The van der Waals surface area contributed by atoms with E-state index in [0.717, 1.165) is 16.7 Å². The maximum Gasteiger partial charge on any atom is 0.328 e. The maximum absolute atomic E-state index is 13.7. The molecule has 0 bridgehead atoms. The number of anilines is 1. The summed E-state index contributed by atoms with van der Waals surface area (Å²) in [7, 11) is 0.333. The number of fused-ring (bicyclic) bond motifs is 1. The molecule has 324 valence electrons. The number of carbonyl (C=O) groups is 1. The maximum atomic E-state index is 13.7. The first kappa shape index (κ1) is 43.0. The molecule has 4 aromatic carbocycles. The van der Waals surface area contributed by atoms with Crippen LogP contribution in [0.3, 0.4) is 0 Å². The van der Waals surface area contributed by atoms with Crippen molar-refractivity contribution >= 4 is 30.5 Å². The van der Waals surface area contributed by atoms with E-state index in [2.05, 4.69) is 20.3 Å². The molecule has 1 amide bonds. The Morgan fingerprint density at radius 2 is 1.48 bits per heavy atom. The monoisotopic (exact) mass is 872 g/mol. The first-order valence-electron chi connectivity index (χ1n) is 20.0. The third kappa shape index (κ3) is 9.26. The smallest absolute Gasteiger partial charge is 0.328 e. The number of methoxy groups -OCH3 is 3. The van der Waals surface area contributed by atoms with Crippen molar-refractivity contribution < 1.29 is 47.2 Å². The molecule has 4 heterocycles. The van der Waals surface area contributed by atoms with Crippen LogP contribution in [0.1, 0.15) is 51.8 Å². The van der Waals surface area contributed by atoms with Crippen molar-refractivity contribution in [3.05, 3.63) is 173 Å². The van der Waals surface area contributed by atoms with Gasteiger partial charge in [-0.1, -0.05) is 72.8 Å². The van der Waals surface area contributed by atoms with E-state index in [9.17, 15) is 19.5 Å². The second-order valence-electron chi connectivity index (χ2n) is 14.7. The quantitative estimate of drug-likeness (QED) is 0.0405. The summed E-state index contributed by atoms with van der Waals surface area (Å²) in [6.45, 7) is -0.432. The van der Waals surface area contributed by atoms with Crippen molar-refractivity contribution in [1.29, 1.82) is 0 Å². The molecule has 16 nitrogen and oxygen atoms in total. The van der Waals surface area contributed by atoms with Crippen LogP contribution in [0.15, 0.2) is 140 Å². The van der Waals surface area contributed by atoms with Crippen LogP contribution in [0.25, 0.3) is 11.2 Å². The number of carbonyl (C=O) groups excluding carboxylic acids is 1. The zero-order chi connectivity index (χ0) is 44.0. The van der Waals surface area contributed by atoms with Crippen molar-refractivity contribution in [1.82, 2.24) is 19.5 Å². The van der Waals surface area contributed by atoms with Crippen LogP contribution in [0.2, 0.25) is 0 Å². The topological polar surface area (TPSA) is 192 Å². The molecule has 8 rings (SSSR count). The Labute approximate surface area is 363 Å². The summed E-state index contributed by atoms with van der Waals surface area (Å²) in [6, 6.07) is 36.7. The van der Waals surface area contributed by atoms with E-state index in [4.69, 9.17) is 28.2 Å². The van der Waals surface area contributed by atoms with Gasteiger partial charge in [0.05, 0.1) is 52.1 Å². The number of nitrogens with one attached hydrogen (secondary N) is 1. The van der Waals surface area contributed by atoms with Crippen molar-refractivity contribution in [3.8, 4) is 17.2 Å². The Morgan fingerprint density at radius 3 is 2.11 bits per heavy atom. The lowest BCUT2D eigenvalue weighted by Crippen LogP contribution is -2.40. The summed E-state index contributed by atoms with van der Waals surface area (Å²) in [5.74, 6) is 1.56. The molecule has 1 saturated heterocycles. The van der Waals surface area contributed by atoms with Crippen LogP contribution in [-0.4, -0.2) is 70.0 Å².